The molecule has 0 bridgehead atoms. The monoisotopic (exact) mass is 396 g/mol. The minimum atomic E-state index is -0.162. The highest BCUT2D eigenvalue weighted by atomic mass is 16.5. The smallest absolute Gasteiger partial charge is 0.189 e. The van der Waals surface area contributed by atoms with Crippen molar-refractivity contribution in [3.05, 3.63) is 53.6 Å². The highest BCUT2D eigenvalue weighted by Crippen LogP contribution is 2.33. The molecule has 1 aliphatic carbocycles. The Bertz CT molecular complexity index is 866. The van der Waals surface area contributed by atoms with Gasteiger partial charge >= 0.3 is 0 Å². The molecule has 0 unspecified atom stereocenters. The third-order valence-corrected chi connectivity index (χ3v) is 4.96. The number of hydrogen-bond acceptors (Lipinski definition) is 5. The van der Waals surface area contributed by atoms with Crippen LogP contribution in [0.15, 0.2) is 42.5 Å². The second kappa shape index (κ2) is 10.0. The van der Waals surface area contributed by atoms with Crippen LogP contribution in [0.2, 0.25) is 0 Å². The van der Waals surface area contributed by atoms with Gasteiger partial charge in [0.2, 0.25) is 0 Å². The number of carbonyl (C=O) groups is 1. The molecule has 0 amide bonds. The third-order valence-electron chi connectivity index (χ3n) is 4.96. The molecule has 0 heterocycles. The highest BCUT2D eigenvalue weighted by molar-refractivity contribution is 6.08. The molecule has 1 aliphatic rings. The first kappa shape index (κ1) is 20.8. The lowest BCUT2D eigenvalue weighted by atomic mass is 10.1. The van der Waals surface area contributed by atoms with Crippen LogP contribution in [0.4, 0.5) is 0 Å². The quantitative estimate of drug-likeness (QED) is 0.424. The normalized spacial score (nSPS) is 14.2. The zero-order valence-electron chi connectivity index (χ0n) is 17.3. The lowest BCUT2D eigenvalue weighted by Gasteiger charge is -2.17. The van der Waals surface area contributed by atoms with E-state index in [1.807, 2.05) is 25.1 Å². The van der Waals surface area contributed by atoms with Gasteiger partial charge in [-0.2, -0.15) is 0 Å². The van der Waals surface area contributed by atoms with Crippen LogP contribution >= 0.6 is 0 Å². The van der Waals surface area contributed by atoms with Gasteiger partial charge in [-0.1, -0.05) is 12.1 Å². The van der Waals surface area contributed by atoms with Crippen molar-refractivity contribution in [1.29, 1.82) is 0 Å². The fourth-order valence-corrected chi connectivity index (χ4v) is 3.45. The minimum Gasteiger partial charge on any atom is -0.497 e. The van der Waals surface area contributed by atoms with E-state index < -0.39 is 0 Å². The van der Waals surface area contributed by atoms with Crippen molar-refractivity contribution in [3.63, 3.8) is 0 Å². The van der Waals surface area contributed by atoms with Crippen molar-refractivity contribution >= 4 is 11.9 Å². The van der Waals surface area contributed by atoms with E-state index in [4.69, 9.17) is 18.9 Å². The summed E-state index contributed by atoms with van der Waals surface area (Å²) in [7, 11) is 3.11. The SMILES string of the molecule is CCOc1cc(/C=C/C(=O)c2cc(OC)ccc2OC)ccc1OC1CCCC1. The maximum Gasteiger partial charge on any atom is 0.189 e. The van der Waals surface area contributed by atoms with Crippen LogP contribution in [-0.2, 0) is 0 Å². The van der Waals surface area contributed by atoms with Crippen molar-refractivity contribution in [2.24, 2.45) is 0 Å². The summed E-state index contributed by atoms with van der Waals surface area (Å²) in [5, 5.41) is 0. The summed E-state index contributed by atoms with van der Waals surface area (Å²) in [6.07, 6.45) is 8.16. The Morgan fingerprint density at radius 3 is 2.45 bits per heavy atom. The van der Waals surface area contributed by atoms with E-state index in [9.17, 15) is 4.79 Å². The van der Waals surface area contributed by atoms with Crippen LogP contribution < -0.4 is 18.9 Å². The second-order valence-corrected chi connectivity index (χ2v) is 6.93. The number of rotatable bonds is 9. The predicted octanol–water partition coefficient (Wildman–Crippen LogP) is 5.32. The van der Waals surface area contributed by atoms with E-state index in [1.165, 1.54) is 18.9 Å². The average Bonchev–Trinajstić information content (AvgIpc) is 3.26. The Balaban J connectivity index is 1.79. The van der Waals surface area contributed by atoms with Gasteiger partial charge in [-0.15, -0.1) is 0 Å². The Morgan fingerprint density at radius 1 is 1.00 bits per heavy atom. The van der Waals surface area contributed by atoms with E-state index in [1.54, 1.807) is 38.5 Å². The summed E-state index contributed by atoms with van der Waals surface area (Å²) in [5.74, 6) is 2.42. The molecule has 154 valence electrons. The average molecular weight is 396 g/mol. The van der Waals surface area contributed by atoms with Crippen molar-refractivity contribution in [2.75, 3.05) is 20.8 Å². The maximum absolute atomic E-state index is 12.7. The van der Waals surface area contributed by atoms with Gasteiger partial charge in [-0.05, 0) is 74.6 Å². The molecule has 0 spiro atoms. The fraction of sp³-hybridized carbons (Fsp3) is 0.375. The van der Waals surface area contributed by atoms with Crippen LogP contribution in [-0.4, -0.2) is 32.7 Å². The maximum atomic E-state index is 12.7. The lowest BCUT2D eigenvalue weighted by Crippen LogP contribution is -2.11. The van der Waals surface area contributed by atoms with Crippen molar-refractivity contribution < 1.29 is 23.7 Å². The van der Waals surface area contributed by atoms with Gasteiger partial charge in [0.25, 0.3) is 0 Å². The molecule has 0 saturated heterocycles. The van der Waals surface area contributed by atoms with Crippen LogP contribution in [0.25, 0.3) is 6.08 Å². The summed E-state index contributed by atoms with van der Waals surface area (Å²) >= 11 is 0. The third kappa shape index (κ3) is 5.31. The van der Waals surface area contributed by atoms with Gasteiger partial charge < -0.3 is 18.9 Å². The first-order chi connectivity index (χ1) is 14.1. The topological polar surface area (TPSA) is 54.0 Å². The first-order valence-corrected chi connectivity index (χ1v) is 10.0. The fourth-order valence-electron chi connectivity index (χ4n) is 3.45. The molecule has 2 aromatic carbocycles. The molecule has 2 aromatic rings. The van der Waals surface area contributed by atoms with Crippen LogP contribution in [0, 0.1) is 0 Å². The number of methoxy groups -OCH3 is 2. The first-order valence-electron chi connectivity index (χ1n) is 10.0. The summed E-state index contributed by atoms with van der Waals surface area (Å²) in [5.41, 5.74) is 1.32. The minimum absolute atomic E-state index is 0.162. The largest absolute Gasteiger partial charge is 0.497 e. The van der Waals surface area contributed by atoms with E-state index >= 15 is 0 Å². The van der Waals surface area contributed by atoms with E-state index in [2.05, 4.69) is 0 Å². The van der Waals surface area contributed by atoms with Crippen LogP contribution in [0.1, 0.15) is 48.5 Å². The molecule has 1 fully saturated rings. The Morgan fingerprint density at radius 2 is 1.76 bits per heavy atom. The van der Waals surface area contributed by atoms with E-state index in [0.717, 1.165) is 24.2 Å². The Kier molecular flexibility index (Phi) is 7.17. The molecule has 0 N–H and O–H groups in total. The van der Waals surface area contributed by atoms with Gasteiger partial charge in [0.1, 0.15) is 11.5 Å². The van der Waals surface area contributed by atoms with Crippen molar-refractivity contribution in [1.82, 2.24) is 0 Å². The molecular formula is C24H28O5. The summed E-state index contributed by atoms with van der Waals surface area (Å²) in [4.78, 5) is 12.7. The molecule has 5 heteroatoms. The zero-order valence-corrected chi connectivity index (χ0v) is 17.3. The number of carbonyl (C=O) groups excluding carboxylic acids is 1. The van der Waals surface area contributed by atoms with Crippen LogP contribution in [0.5, 0.6) is 23.0 Å². The number of ketones is 1. The Hall–Kier alpha value is -2.95. The zero-order chi connectivity index (χ0) is 20.6. The van der Waals surface area contributed by atoms with E-state index in [-0.39, 0.29) is 11.9 Å². The van der Waals surface area contributed by atoms with Gasteiger partial charge in [-0.3, -0.25) is 4.79 Å². The molecule has 5 nitrogen and oxygen atoms in total. The molecule has 0 radical (unpaired) electrons. The molecule has 0 aromatic heterocycles. The molecule has 3 rings (SSSR count). The van der Waals surface area contributed by atoms with Gasteiger partial charge in [0, 0.05) is 0 Å². The summed E-state index contributed by atoms with van der Waals surface area (Å²) in [6, 6.07) is 10.9. The Labute approximate surface area is 172 Å². The number of hydrogen-bond donors (Lipinski definition) is 0. The summed E-state index contributed by atoms with van der Waals surface area (Å²) < 4.78 is 22.4. The van der Waals surface area contributed by atoms with Gasteiger partial charge in [0.15, 0.2) is 17.3 Å². The molecule has 1 saturated carbocycles. The predicted molar refractivity (Wildman–Crippen MR) is 113 cm³/mol. The number of allylic oxidation sites excluding steroid dienone is 1. The molecule has 0 aliphatic heterocycles. The van der Waals surface area contributed by atoms with Crippen molar-refractivity contribution in [2.45, 2.75) is 38.7 Å². The standard InChI is InChI=1S/C24H28O5/c1-4-28-24-15-17(10-13-23(24)29-18-7-5-6-8-18)9-12-21(25)20-16-19(26-2)11-14-22(20)27-3/h9-16,18H,4-8H2,1-3H3/b12-9+. The molecule has 0 atom stereocenters. The van der Waals surface area contributed by atoms with Crippen LogP contribution in [0.3, 0.4) is 0 Å². The lowest BCUT2D eigenvalue weighted by molar-refractivity contribution is 0.104. The highest BCUT2D eigenvalue weighted by Gasteiger charge is 2.18. The van der Waals surface area contributed by atoms with Crippen molar-refractivity contribution in [3.8, 4) is 23.0 Å². The number of benzene rings is 2. The summed E-state index contributed by atoms with van der Waals surface area (Å²) in [6.45, 7) is 2.49. The van der Waals surface area contributed by atoms with Gasteiger partial charge in [-0.25, -0.2) is 0 Å². The molecule has 29 heavy (non-hydrogen) atoms. The number of ether oxygens (including phenoxy) is 4. The van der Waals surface area contributed by atoms with Gasteiger partial charge in [0.05, 0.1) is 32.5 Å². The molecular weight excluding hydrogens is 368 g/mol. The second-order valence-electron chi connectivity index (χ2n) is 6.93. The van der Waals surface area contributed by atoms with E-state index in [0.29, 0.717) is 29.4 Å².